The van der Waals surface area contributed by atoms with Crippen LogP contribution in [-0.2, 0) is 11.3 Å². The van der Waals surface area contributed by atoms with E-state index in [-0.39, 0.29) is 17.7 Å². The van der Waals surface area contributed by atoms with Crippen molar-refractivity contribution >= 4 is 16.9 Å². The van der Waals surface area contributed by atoms with Crippen LogP contribution in [0.4, 0.5) is 0 Å². The molecule has 3 aromatic rings. The summed E-state index contributed by atoms with van der Waals surface area (Å²) >= 11 is 0. The molecule has 0 N–H and O–H groups in total. The molecular weight excluding hydrogens is 334 g/mol. The number of para-hydroxylation sites is 1. The molecule has 0 unspecified atom stereocenters. The molecule has 132 valence electrons. The Hall–Kier alpha value is -3.41. The molecule has 6 nitrogen and oxygen atoms in total. The summed E-state index contributed by atoms with van der Waals surface area (Å²) in [7, 11) is 2.68. The number of nitrogens with zero attached hydrogens (tertiary/aromatic N) is 1. The van der Waals surface area contributed by atoms with E-state index < -0.39 is 11.5 Å². The lowest BCUT2D eigenvalue weighted by atomic mass is 10.1. The normalized spacial score (nSPS) is 10.5. The van der Waals surface area contributed by atoms with E-state index in [1.165, 1.54) is 24.9 Å². The molecule has 0 amide bonds. The first kappa shape index (κ1) is 17.4. The molecule has 0 radical (unpaired) electrons. The van der Waals surface area contributed by atoms with Gasteiger partial charge in [-0.25, -0.2) is 4.79 Å². The smallest absolute Gasteiger partial charge is 0.337 e. The first-order valence-electron chi connectivity index (χ1n) is 7.93. The molecule has 2 aromatic carbocycles. The van der Waals surface area contributed by atoms with Crippen molar-refractivity contribution in [2.24, 2.45) is 0 Å². The first-order valence-corrected chi connectivity index (χ1v) is 7.93. The van der Waals surface area contributed by atoms with Crippen molar-refractivity contribution in [2.45, 2.75) is 6.54 Å². The van der Waals surface area contributed by atoms with Crippen LogP contribution in [0.15, 0.2) is 64.2 Å². The Labute approximate surface area is 149 Å². The van der Waals surface area contributed by atoms with Gasteiger partial charge in [-0.15, -0.1) is 0 Å². The Balaban J connectivity index is 2.17. The Morgan fingerprint density at radius 2 is 1.69 bits per heavy atom. The molecule has 0 spiro atoms. The van der Waals surface area contributed by atoms with Crippen LogP contribution in [0.25, 0.3) is 10.9 Å². The van der Waals surface area contributed by atoms with E-state index in [0.717, 1.165) is 5.56 Å². The summed E-state index contributed by atoms with van der Waals surface area (Å²) in [6, 6.07) is 14.9. The highest BCUT2D eigenvalue weighted by atomic mass is 16.5. The number of hydrogen-bond acceptors (Lipinski definition) is 5. The van der Waals surface area contributed by atoms with Gasteiger partial charge >= 0.3 is 5.97 Å². The number of carbonyl (C=O) groups excluding carboxylic acids is 1. The van der Waals surface area contributed by atoms with E-state index >= 15 is 0 Å². The van der Waals surface area contributed by atoms with Crippen LogP contribution in [0, 0.1) is 0 Å². The van der Waals surface area contributed by atoms with Crippen LogP contribution in [0.3, 0.4) is 0 Å². The van der Waals surface area contributed by atoms with E-state index in [1.807, 2.05) is 0 Å². The summed E-state index contributed by atoms with van der Waals surface area (Å²) in [6.45, 7) is 0.227. The zero-order chi connectivity index (χ0) is 18.7. The SMILES string of the molecule is COC(=O)c1ccc(Cn2c(=O)c(OC)cc(=O)c3ccccc32)cc1. The molecule has 0 atom stereocenters. The number of carbonyl (C=O) groups is 1. The van der Waals surface area contributed by atoms with Gasteiger partial charge in [0.1, 0.15) is 0 Å². The number of fused-ring (bicyclic) bond motifs is 1. The Bertz CT molecular complexity index is 1080. The predicted octanol–water partition coefficient (Wildman–Crippen LogP) is 2.21. The van der Waals surface area contributed by atoms with Gasteiger partial charge in [-0.1, -0.05) is 24.3 Å². The summed E-state index contributed by atoms with van der Waals surface area (Å²) in [5.74, 6) is -0.444. The molecule has 0 aliphatic rings. The molecule has 0 bridgehead atoms. The van der Waals surface area contributed by atoms with E-state index in [1.54, 1.807) is 48.5 Å². The van der Waals surface area contributed by atoms with Crippen LogP contribution in [-0.4, -0.2) is 24.8 Å². The van der Waals surface area contributed by atoms with Crippen molar-refractivity contribution in [3.05, 3.63) is 86.3 Å². The molecular formula is C20H17NO5. The number of methoxy groups -OCH3 is 2. The highest BCUT2D eigenvalue weighted by molar-refractivity contribution is 5.89. The minimum atomic E-state index is -0.428. The van der Waals surface area contributed by atoms with Gasteiger partial charge in [0, 0.05) is 11.5 Å². The van der Waals surface area contributed by atoms with E-state index in [0.29, 0.717) is 16.5 Å². The fourth-order valence-corrected chi connectivity index (χ4v) is 2.77. The molecule has 0 saturated heterocycles. The summed E-state index contributed by atoms with van der Waals surface area (Å²) < 4.78 is 11.3. The number of rotatable bonds is 4. The Kier molecular flexibility index (Phi) is 4.84. The van der Waals surface area contributed by atoms with Crippen molar-refractivity contribution in [2.75, 3.05) is 14.2 Å². The van der Waals surface area contributed by atoms with Crippen LogP contribution < -0.4 is 15.7 Å². The van der Waals surface area contributed by atoms with Gasteiger partial charge in [-0.2, -0.15) is 0 Å². The highest BCUT2D eigenvalue weighted by Gasteiger charge is 2.11. The second-order valence-electron chi connectivity index (χ2n) is 5.67. The van der Waals surface area contributed by atoms with Gasteiger partial charge in [0.25, 0.3) is 5.56 Å². The second kappa shape index (κ2) is 7.23. The summed E-state index contributed by atoms with van der Waals surface area (Å²) in [5, 5.41) is 0.430. The van der Waals surface area contributed by atoms with Crippen molar-refractivity contribution in [1.82, 2.24) is 4.57 Å². The molecule has 26 heavy (non-hydrogen) atoms. The van der Waals surface area contributed by atoms with Gasteiger partial charge in [0.2, 0.25) is 0 Å². The second-order valence-corrected chi connectivity index (χ2v) is 5.67. The minimum absolute atomic E-state index is 0.0163. The van der Waals surface area contributed by atoms with Gasteiger partial charge in [-0.3, -0.25) is 9.59 Å². The number of esters is 1. The zero-order valence-electron chi connectivity index (χ0n) is 14.4. The Morgan fingerprint density at radius 3 is 2.35 bits per heavy atom. The first-order chi connectivity index (χ1) is 12.5. The average molecular weight is 351 g/mol. The van der Waals surface area contributed by atoms with Gasteiger partial charge in [0.05, 0.1) is 31.8 Å². The van der Waals surface area contributed by atoms with Crippen molar-refractivity contribution < 1.29 is 14.3 Å². The standard InChI is InChI=1S/C20H17NO5/c1-25-18-11-17(22)15-5-3-4-6-16(15)21(19(18)23)12-13-7-9-14(10-8-13)20(24)26-2/h3-11H,12H2,1-2H3. The number of aromatic nitrogens is 1. The highest BCUT2D eigenvalue weighted by Crippen LogP contribution is 2.13. The van der Waals surface area contributed by atoms with Crippen LogP contribution >= 0.6 is 0 Å². The lowest BCUT2D eigenvalue weighted by Gasteiger charge is -2.08. The van der Waals surface area contributed by atoms with E-state index in [2.05, 4.69) is 4.74 Å². The number of benzene rings is 2. The maximum absolute atomic E-state index is 12.8. The average Bonchev–Trinajstić information content (AvgIpc) is 2.78. The molecule has 3 rings (SSSR count). The minimum Gasteiger partial charge on any atom is -0.491 e. The van der Waals surface area contributed by atoms with Crippen LogP contribution in [0.1, 0.15) is 15.9 Å². The summed E-state index contributed by atoms with van der Waals surface area (Å²) in [6.07, 6.45) is 0. The molecule has 1 aromatic heterocycles. The molecule has 0 saturated carbocycles. The maximum atomic E-state index is 12.8. The maximum Gasteiger partial charge on any atom is 0.337 e. The predicted molar refractivity (Wildman–Crippen MR) is 97.9 cm³/mol. The molecule has 0 aliphatic heterocycles. The van der Waals surface area contributed by atoms with E-state index in [9.17, 15) is 14.4 Å². The number of ether oxygens (including phenoxy) is 2. The third-order valence-electron chi connectivity index (χ3n) is 4.11. The van der Waals surface area contributed by atoms with Crippen LogP contribution in [0.5, 0.6) is 5.75 Å². The van der Waals surface area contributed by atoms with Gasteiger partial charge in [0.15, 0.2) is 11.2 Å². The topological polar surface area (TPSA) is 74.6 Å². The quantitative estimate of drug-likeness (QED) is 0.674. The lowest BCUT2D eigenvalue weighted by molar-refractivity contribution is 0.0600. The van der Waals surface area contributed by atoms with E-state index in [4.69, 9.17) is 4.74 Å². The van der Waals surface area contributed by atoms with Gasteiger partial charge < -0.3 is 14.0 Å². The molecule has 0 fully saturated rings. The third kappa shape index (κ3) is 3.21. The third-order valence-corrected chi connectivity index (χ3v) is 4.11. The van der Waals surface area contributed by atoms with Crippen LogP contribution in [0.2, 0.25) is 0 Å². The fraction of sp³-hybridized carbons (Fsp3) is 0.150. The van der Waals surface area contributed by atoms with Crippen molar-refractivity contribution in [3.63, 3.8) is 0 Å². The zero-order valence-corrected chi connectivity index (χ0v) is 14.4. The fourth-order valence-electron chi connectivity index (χ4n) is 2.77. The van der Waals surface area contributed by atoms with Crippen molar-refractivity contribution in [1.29, 1.82) is 0 Å². The van der Waals surface area contributed by atoms with Gasteiger partial charge in [-0.05, 0) is 29.8 Å². The molecule has 0 aliphatic carbocycles. The monoisotopic (exact) mass is 351 g/mol. The number of hydrogen-bond donors (Lipinski definition) is 0. The van der Waals surface area contributed by atoms with Crippen molar-refractivity contribution in [3.8, 4) is 5.75 Å². The molecule has 1 heterocycles. The Morgan fingerprint density at radius 1 is 1.00 bits per heavy atom. The summed E-state index contributed by atoms with van der Waals surface area (Å²) in [4.78, 5) is 36.7. The summed E-state index contributed by atoms with van der Waals surface area (Å²) in [5.41, 5.74) is 1.05. The largest absolute Gasteiger partial charge is 0.491 e. The lowest BCUT2D eigenvalue weighted by Crippen LogP contribution is -2.20. The molecule has 6 heteroatoms.